The van der Waals surface area contributed by atoms with E-state index in [1.807, 2.05) is 26.0 Å². The number of hydrogen-bond acceptors (Lipinski definition) is 5. The van der Waals surface area contributed by atoms with Crippen molar-refractivity contribution in [3.63, 3.8) is 0 Å². The van der Waals surface area contributed by atoms with E-state index in [9.17, 15) is 0 Å². The highest BCUT2D eigenvalue weighted by Gasteiger charge is 2.34. The number of ether oxygens (including phenoxy) is 1. The molecule has 7 nitrogen and oxygen atoms in total. The molecule has 8 heteroatoms. The van der Waals surface area contributed by atoms with Crippen molar-refractivity contribution in [1.82, 2.24) is 9.97 Å². The first-order chi connectivity index (χ1) is 12.2. The molecule has 0 saturated carbocycles. The zero-order valence-corrected chi connectivity index (χ0v) is 17.1. The highest BCUT2D eigenvalue weighted by molar-refractivity contribution is 6.31. The fraction of sp³-hybridized carbons (Fsp3) is 0.556. The van der Waals surface area contributed by atoms with Gasteiger partial charge in [-0.05, 0) is 42.1 Å². The van der Waals surface area contributed by atoms with Gasteiger partial charge in [0.05, 0.1) is 23.7 Å². The fourth-order valence-electron chi connectivity index (χ4n) is 2.59. The highest BCUT2D eigenvalue weighted by Crippen LogP contribution is 2.36. The summed E-state index contributed by atoms with van der Waals surface area (Å²) in [5.41, 5.74) is 10.7. The van der Waals surface area contributed by atoms with Crippen molar-refractivity contribution in [3.05, 3.63) is 40.4 Å². The van der Waals surface area contributed by atoms with Crippen LogP contribution in [-0.4, -0.2) is 39.0 Å². The number of pyridine rings is 2. The van der Waals surface area contributed by atoms with Gasteiger partial charge in [-0.2, -0.15) is 0 Å². The quantitative estimate of drug-likeness (QED) is 0.306. The average Bonchev–Trinajstić information content (AvgIpc) is 2.59. The highest BCUT2D eigenvalue weighted by atomic mass is 28.2. The molecular formula is C18H25N5O2Si. The van der Waals surface area contributed by atoms with Crippen LogP contribution in [0.15, 0.2) is 29.5 Å². The molecule has 2 heterocycles. The van der Waals surface area contributed by atoms with Crippen LogP contribution in [0.4, 0.5) is 0 Å². The topological polar surface area (TPSA) is 93.0 Å². The van der Waals surface area contributed by atoms with E-state index in [1.54, 1.807) is 19.4 Å². The Labute approximate surface area is 156 Å². The van der Waals surface area contributed by atoms with Crippen LogP contribution in [0.2, 0.25) is 5.04 Å². The van der Waals surface area contributed by atoms with E-state index in [-0.39, 0.29) is 17.5 Å². The lowest BCUT2D eigenvalue weighted by atomic mass is 9.84. The van der Waals surface area contributed by atoms with Crippen molar-refractivity contribution in [3.8, 4) is 5.88 Å². The third-order valence-electron chi connectivity index (χ3n) is 3.96. The van der Waals surface area contributed by atoms with E-state index in [2.05, 4.69) is 40.8 Å². The van der Waals surface area contributed by atoms with Gasteiger partial charge in [-0.25, -0.2) is 4.98 Å². The molecule has 138 valence electrons. The van der Waals surface area contributed by atoms with E-state index in [0.29, 0.717) is 15.6 Å². The molecule has 0 fully saturated rings. The molecule has 2 rings (SSSR count). The van der Waals surface area contributed by atoms with Gasteiger partial charge in [0.15, 0.2) is 0 Å². The lowest BCUT2D eigenvalue weighted by molar-refractivity contribution is 0.0809. The minimum Gasteiger partial charge on any atom is -0.481 e. The van der Waals surface area contributed by atoms with Crippen LogP contribution in [0.1, 0.15) is 46.1 Å². The van der Waals surface area contributed by atoms with E-state index in [4.69, 9.17) is 14.7 Å². The van der Waals surface area contributed by atoms with Gasteiger partial charge < -0.3 is 9.16 Å². The molecule has 0 unspecified atom stereocenters. The van der Waals surface area contributed by atoms with Crippen molar-refractivity contribution in [2.75, 3.05) is 13.7 Å². The molecule has 2 radical (unpaired) electrons. The van der Waals surface area contributed by atoms with Crippen LogP contribution in [0.3, 0.4) is 0 Å². The van der Waals surface area contributed by atoms with Crippen LogP contribution in [0, 0.1) is 0 Å². The van der Waals surface area contributed by atoms with E-state index in [0.717, 1.165) is 16.6 Å². The Bertz CT molecular complexity index is 813. The van der Waals surface area contributed by atoms with Crippen molar-refractivity contribution in [1.29, 1.82) is 0 Å². The smallest absolute Gasteiger partial charge is 0.236 e. The number of aromatic nitrogens is 2. The summed E-state index contributed by atoms with van der Waals surface area (Å²) in [6, 6.07) is 5.57. The molecule has 0 amide bonds. The van der Waals surface area contributed by atoms with E-state index >= 15 is 0 Å². The summed E-state index contributed by atoms with van der Waals surface area (Å²) in [6.45, 7) is 10.7. The van der Waals surface area contributed by atoms with E-state index in [1.165, 1.54) is 0 Å². The normalized spacial score (nSPS) is 13.3. The number of rotatable bonds is 7. The predicted molar refractivity (Wildman–Crippen MR) is 103 cm³/mol. The Kier molecular flexibility index (Phi) is 6.23. The maximum absolute atomic E-state index is 8.85. The molecule has 0 aromatic carbocycles. The molecular weight excluding hydrogens is 346 g/mol. The summed E-state index contributed by atoms with van der Waals surface area (Å²) >= 11 is 0. The summed E-state index contributed by atoms with van der Waals surface area (Å²) in [5.74, 6) is 0.350. The lowest BCUT2D eigenvalue weighted by Crippen LogP contribution is -2.37. The van der Waals surface area contributed by atoms with Gasteiger partial charge in [-0.1, -0.05) is 25.9 Å². The Morgan fingerprint density at radius 3 is 2.58 bits per heavy atom. The first-order valence-corrected chi connectivity index (χ1v) is 9.34. The molecule has 0 N–H and O–H groups in total. The predicted octanol–water partition coefficient (Wildman–Crippen LogP) is 4.67. The third kappa shape index (κ3) is 4.94. The zero-order chi connectivity index (χ0) is 19.4. The van der Waals surface area contributed by atoms with Gasteiger partial charge >= 0.3 is 0 Å². The van der Waals surface area contributed by atoms with Crippen molar-refractivity contribution in [2.24, 2.45) is 5.11 Å². The number of fused-ring (bicyclic) bond motifs is 1. The van der Waals surface area contributed by atoms with E-state index < -0.39 is 5.60 Å². The molecule has 0 saturated heterocycles. The van der Waals surface area contributed by atoms with Gasteiger partial charge in [0.2, 0.25) is 15.6 Å². The first kappa shape index (κ1) is 20.2. The van der Waals surface area contributed by atoms with Crippen LogP contribution < -0.4 is 4.74 Å². The van der Waals surface area contributed by atoms with Crippen LogP contribution in [-0.2, 0) is 4.43 Å². The van der Waals surface area contributed by atoms with Crippen molar-refractivity contribution >= 4 is 20.8 Å². The van der Waals surface area contributed by atoms with Gasteiger partial charge in [-0.15, -0.1) is 0 Å². The largest absolute Gasteiger partial charge is 0.481 e. The lowest BCUT2D eigenvalue weighted by Gasteiger charge is -2.36. The van der Waals surface area contributed by atoms with Gasteiger partial charge in [0, 0.05) is 29.6 Å². The summed E-state index contributed by atoms with van der Waals surface area (Å²) in [5, 5.41) is 3.89. The molecule has 0 aliphatic rings. The Morgan fingerprint density at radius 1 is 1.23 bits per heavy atom. The second kappa shape index (κ2) is 8.03. The zero-order valence-electron chi connectivity index (χ0n) is 16.1. The number of azide groups is 1. The monoisotopic (exact) mass is 371 g/mol. The van der Waals surface area contributed by atoms with Gasteiger partial charge in [0.1, 0.15) is 0 Å². The Morgan fingerprint density at radius 2 is 1.96 bits per heavy atom. The Balaban J connectivity index is 2.52. The third-order valence-corrected chi connectivity index (χ3v) is 5.20. The maximum atomic E-state index is 8.85. The fourth-order valence-corrected chi connectivity index (χ4v) is 3.30. The SMILES string of the molecule is COc1ccc2nccc([C@H](CN=[N+]=[N-])C(C)(C)O[Si]C(C)(C)C)c2n1. The van der Waals surface area contributed by atoms with Gasteiger partial charge in [0.25, 0.3) is 0 Å². The molecule has 2 aromatic heterocycles. The maximum Gasteiger partial charge on any atom is 0.236 e. The second-order valence-corrected chi connectivity index (χ2v) is 9.55. The molecule has 0 aliphatic carbocycles. The average molecular weight is 372 g/mol. The van der Waals surface area contributed by atoms with Crippen LogP contribution in [0.5, 0.6) is 5.88 Å². The minimum absolute atomic E-state index is 0.0576. The first-order valence-electron chi connectivity index (χ1n) is 8.43. The van der Waals surface area contributed by atoms with Gasteiger partial charge in [-0.3, -0.25) is 4.98 Å². The second-order valence-electron chi connectivity index (χ2n) is 7.65. The molecule has 0 spiro atoms. The molecule has 1 atom stereocenters. The van der Waals surface area contributed by atoms with Crippen LogP contribution in [0.25, 0.3) is 21.5 Å². The number of hydrogen-bond donors (Lipinski definition) is 0. The number of nitrogens with zero attached hydrogens (tertiary/aromatic N) is 5. The molecule has 0 aliphatic heterocycles. The minimum atomic E-state index is -0.543. The summed E-state index contributed by atoms with van der Waals surface area (Å²) in [7, 11) is 1.90. The standard InChI is InChI=1S/C18H25N5O2Si/c1-17(2,3)26-25-18(4,5)13(11-21-23-19)12-9-10-20-14-7-8-15(24-6)22-16(12)14/h7-10,13H,11H2,1-6H3/t13-/m0/s1. The van der Waals surface area contributed by atoms with Crippen molar-refractivity contribution < 1.29 is 9.16 Å². The molecule has 26 heavy (non-hydrogen) atoms. The Hall–Kier alpha value is -2.15. The number of methoxy groups -OCH3 is 1. The van der Waals surface area contributed by atoms with Crippen molar-refractivity contribution in [2.45, 2.75) is 51.2 Å². The summed E-state index contributed by atoms with van der Waals surface area (Å²) in [6.07, 6.45) is 1.75. The summed E-state index contributed by atoms with van der Waals surface area (Å²) < 4.78 is 11.5. The van der Waals surface area contributed by atoms with Crippen LogP contribution >= 0.6 is 0 Å². The molecule has 0 bridgehead atoms. The summed E-state index contributed by atoms with van der Waals surface area (Å²) in [4.78, 5) is 11.9. The molecule has 2 aromatic rings.